The zero-order valence-electron chi connectivity index (χ0n) is 9.22. The largest absolute Gasteiger partial charge is 0.472 e. The first kappa shape index (κ1) is 11.6. The van der Waals surface area contributed by atoms with Gasteiger partial charge in [-0.05, 0) is 29.5 Å². The molecule has 18 heavy (non-hydrogen) atoms. The second-order valence-corrected chi connectivity index (χ2v) is 5.38. The van der Waals surface area contributed by atoms with Crippen molar-refractivity contribution in [2.45, 2.75) is 0 Å². The van der Waals surface area contributed by atoms with Crippen molar-refractivity contribution in [2.75, 3.05) is 7.11 Å². The van der Waals surface area contributed by atoms with Crippen molar-refractivity contribution in [1.29, 1.82) is 0 Å². The molecule has 0 atom stereocenters. The van der Waals surface area contributed by atoms with Gasteiger partial charge in [-0.15, -0.1) is 5.10 Å². The number of hydrogen-bond acceptors (Lipinski definition) is 4. The SMILES string of the molecule is COc1nn2cc(-c3ccc(Br)cc3F)nc2s1. The second kappa shape index (κ2) is 4.33. The van der Waals surface area contributed by atoms with E-state index in [1.807, 2.05) is 0 Å². The number of halogens is 2. The molecule has 2 heterocycles. The first-order chi connectivity index (χ1) is 8.67. The van der Waals surface area contributed by atoms with Gasteiger partial charge in [-0.1, -0.05) is 15.9 Å². The lowest BCUT2D eigenvalue weighted by Crippen LogP contribution is -1.86. The number of methoxy groups -OCH3 is 1. The van der Waals surface area contributed by atoms with Crippen LogP contribution in [0.4, 0.5) is 4.39 Å². The summed E-state index contributed by atoms with van der Waals surface area (Å²) in [7, 11) is 1.55. The van der Waals surface area contributed by atoms with E-state index in [0.29, 0.717) is 25.9 Å². The molecule has 0 saturated carbocycles. The van der Waals surface area contributed by atoms with Gasteiger partial charge in [0.2, 0.25) is 4.96 Å². The van der Waals surface area contributed by atoms with Crippen LogP contribution in [0.2, 0.25) is 0 Å². The summed E-state index contributed by atoms with van der Waals surface area (Å²) >= 11 is 4.53. The van der Waals surface area contributed by atoms with E-state index in [2.05, 4.69) is 26.0 Å². The van der Waals surface area contributed by atoms with E-state index in [0.717, 1.165) is 0 Å². The molecular formula is C11H7BrFN3OS. The number of benzene rings is 1. The van der Waals surface area contributed by atoms with Crippen molar-refractivity contribution in [1.82, 2.24) is 14.6 Å². The van der Waals surface area contributed by atoms with E-state index in [-0.39, 0.29) is 5.82 Å². The van der Waals surface area contributed by atoms with Crippen molar-refractivity contribution < 1.29 is 9.13 Å². The standard InChI is InChI=1S/C11H7BrFN3OS/c1-17-11-15-16-5-9(14-10(16)18-11)7-3-2-6(12)4-8(7)13/h2-5H,1H3. The number of aromatic nitrogens is 3. The Morgan fingerprint density at radius 1 is 1.44 bits per heavy atom. The van der Waals surface area contributed by atoms with Crippen LogP contribution >= 0.6 is 27.3 Å². The van der Waals surface area contributed by atoms with Crippen LogP contribution in [-0.2, 0) is 0 Å². The van der Waals surface area contributed by atoms with Crippen molar-refractivity contribution in [3.8, 4) is 16.5 Å². The molecule has 0 amide bonds. The highest BCUT2D eigenvalue weighted by Gasteiger charge is 2.12. The Hall–Kier alpha value is -1.47. The molecule has 0 N–H and O–H groups in total. The third-order valence-electron chi connectivity index (χ3n) is 2.41. The Bertz CT molecular complexity index is 693. The van der Waals surface area contributed by atoms with Crippen molar-refractivity contribution in [3.05, 3.63) is 34.7 Å². The topological polar surface area (TPSA) is 39.4 Å². The van der Waals surface area contributed by atoms with Crippen LogP contribution in [0, 0.1) is 5.82 Å². The quantitative estimate of drug-likeness (QED) is 0.724. The monoisotopic (exact) mass is 327 g/mol. The lowest BCUT2D eigenvalue weighted by Gasteiger charge is -1.99. The minimum absolute atomic E-state index is 0.318. The number of hydrogen-bond donors (Lipinski definition) is 0. The minimum atomic E-state index is -0.318. The number of fused-ring (bicyclic) bond motifs is 1. The van der Waals surface area contributed by atoms with Gasteiger partial charge in [-0.3, -0.25) is 0 Å². The first-order valence-corrected chi connectivity index (χ1v) is 6.64. The van der Waals surface area contributed by atoms with Crippen LogP contribution in [0.25, 0.3) is 16.2 Å². The molecular weight excluding hydrogens is 321 g/mol. The number of imidazole rings is 1. The lowest BCUT2D eigenvalue weighted by molar-refractivity contribution is 0.405. The van der Waals surface area contributed by atoms with E-state index in [1.165, 1.54) is 17.4 Å². The summed E-state index contributed by atoms with van der Waals surface area (Å²) in [6.45, 7) is 0. The number of rotatable bonds is 2. The van der Waals surface area contributed by atoms with Gasteiger partial charge in [0.25, 0.3) is 5.19 Å². The van der Waals surface area contributed by atoms with Crippen LogP contribution in [0.1, 0.15) is 0 Å². The maximum absolute atomic E-state index is 13.8. The zero-order valence-corrected chi connectivity index (χ0v) is 11.6. The second-order valence-electron chi connectivity index (χ2n) is 3.55. The summed E-state index contributed by atoms with van der Waals surface area (Å²) < 4.78 is 21.1. The Labute approximate surface area is 114 Å². The molecule has 0 aliphatic carbocycles. The molecule has 92 valence electrons. The summed E-state index contributed by atoms with van der Waals surface area (Å²) in [6.07, 6.45) is 1.68. The van der Waals surface area contributed by atoms with E-state index in [1.54, 1.807) is 30.0 Å². The van der Waals surface area contributed by atoms with E-state index < -0.39 is 0 Å². The molecule has 0 aliphatic heterocycles. The van der Waals surface area contributed by atoms with Gasteiger partial charge < -0.3 is 4.74 Å². The van der Waals surface area contributed by atoms with Crippen LogP contribution in [0.15, 0.2) is 28.9 Å². The molecule has 1 aromatic carbocycles. The Morgan fingerprint density at radius 2 is 2.28 bits per heavy atom. The Kier molecular flexibility index (Phi) is 2.79. The van der Waals surface area contributed by atoms with Gasteiger partial charge in [0, 0.05) is 10.0 Å². The summed E-state index contributed by atoms with van der Waals surface area (Å²) in [5.41, 5.74) is 1.01. The highest BCUT2D eigenvalue weighted by atomic mass is 79.9. The summed E-state index contributed by atoms with van der Waals surface area (Å²) in [5, 5.41) is 4.67. The Morgan fingerprint density at radius 3 is 2.94 bits per heavy atom. The predicted octanol–water partition coefficient (Wildman–Crippen LogP) is 3.37. The number of nitrogens with zero attached hydrogens (tertiary/aromatic N) is 3. The molecule has 0 bridgehead atoms. The molecule has 2 aromatic heterocycles. The molecule has 3 aromatic rings. The predicted molar refractivity (Wildman–Crippen MR) is 70.5 cm³/mol. The van der Waals surface area contributed by atoms with Gasteiger partial charge >= 0.3 is 0 Å². The smallest absolute Gasteiger partial charge is 0.294 e. The fraction of sp³-hybridized carbons (Fsp3) is 0.0909. The molecule has 0 unspecified atom stereocenters. The average molecular weight is 328 g/mol. The third kappa shape index (κ3) is 1.89. The van der Waals surface area contributed by atoms with E-state index in [4.69, 9.17) is 4.74 Å². The van der Waals surface area contributed by atoms with Crippen LogP contribution < -0.4 is 4.74 Å². The number of ether oxygens (including phenoxy) is 1. The van der Waals surface area contributed by atoms with Crippen molar-refractivity contribution in [2.24, 2.45) is 0 Å². The third-order valence-corrected chi connectivity index (χ3v) is 3.78. The van der Waals surface area contributed by atoms with E-state index in [9.17, 15) is 4.39 Å². The molecule has 0 aliphatic rings. The lowest BCUT2D eigenvalue weighted by atomic mass is 10.1. The fourth-order valence-electron chi connectivity index (χ4n) is 1.59. The highest BCUT2D eigenvalue weighted by molar-refractivity contribution is 9.10. The molecule has 7 heteroatoms. The normalized spacial score (nSPS) is 11.1. The van der Waals surface area contributed by atoms with Gasteiger partial charge in [-0.25, -0.2) is 13.9 Å². The molecule has 0 spiro atoms. The van der Waals surface area contributed by atoms with E-state index >= 15 is 0 Å². The van der Waals surface area contributed by atoms with Gasteiger partial charge in [0.05, 0.1) is 19.0 Å². The van der Waals surface area contributed by atoms with Gasteiger partial charge in [0.15, 0.2) is 0 Å². The molecule has 0 radical (unpaired) electrons. The average Bonchev–Trinajstić information content (AvgIpc) is 2.86. The molecule has 3 rings (SSSR count). The fourth-order valence-corrected chi connectivity index (χ4v) is 2.62. The van der Waals surface area contributed by atoms with Crippen LogP contribution in [-0.4, -0.2) is 21.7 Å². The first-order valence-electron chi connectivity index (χ1n) is 5.03. The van der Waals surface area contributed by atoms with Crippen molar-refractivity contribution in [3.63, 3.8) is 0 Å². The van der Waals surface area contributed by atoms with Crippen molar-refractivity contribution >= 4 is 32.2 Å². The van der Waals surface area contributed by atoms with Gasteiger partial charge in [0.1, 0.15) is 5.82 Å². The maximum atomic E-state index is 13.8. The minimum Gasteiger partial charge on any atom is -0.472 e. The summed E-state index contributed by atoms with van der Waals surface area (Å²) in [5.74, 6) is -0.318. The highest BCUT2D eigenvalue weighted by Crippen LogP contribution is 2.28. The zero-order chi connectivity index (χ0) is 12.7. The summed E-state index contributed by atoms with van der Waals surface area (Å²) in [4.78, 5) is 5.00. The molecule has 4 nitrogen and oxygen atoms in total. The molecule has 0 fully saturated rings. The van der Waals surface area contributed by atoms with Gasteiger partial charge in [-0.2, -0.15) is 0 Å². The maximum Gasteiger partial charge on any atom is 0.294 e. The Balaban J connectivity index is 2.10. The van der Waals surface area contributed by atoms with Crippen LogP contribution in [0.5, 0.6) is 5.19 Å². The molecule has 0 saturated heterocycles. The summed E-state index contributed by atoms with van der Waals surface area (Å²) in [6, 6.07) is 4.87. The van der Waals surface area contributed by atoms with Crippen LogP contribution in [0.3, 0.4) is 0 Å².